The Morgan fingerprint density at radius 3 is 2.67 bits per heavy atom. The number of aryl methyl sites for hydroxylation is 1. The van der Waals surface area contributed by atoms with Gasteiger partial charge in [0.25, 0.3) is 0 Å². The fraction of sp³-hybridized carbons (Fsp3) is 0.593. The van der Waals surface area contributed by atoms with Gasteiger partial charge in [0.2, 0.25) is 0 Å². The van der Waals surface area contributed by atoms with Crippen LogP contribution in [0.1, 0.15) is 74.1 Å². The highest BCUT2D eigenvalue weighted by molar-refractivity contribution is 7.90. The van der Waals surface area contributed by atoms with Crippen LogP contribution in [0.25, 0.3) is 15.8 Å². The van der Waals surface area contributed by atoms with E-state index in [1.165, 1.54) is 61.3 Å². The number of sulfone groups is 1. The molecule has 7 nitrogen and oxygen atoms in total. The van der Waals surface area contributed by atoms with Crippen molar-refractivity contribution in [3.05, 3.63) is 39.0 Å². The van der Waals surface area contributed by atoms with Crippen LogP contribution >= 0.6 is 11.3 Å². The SMILES string of the molecule is CC1=C(C)C2NC=NN2C=C1c1[nH]c2sc([C@@H]3C[C@@H]4C[C@H]3CN4CCS(C)(=O)=O)c(C)c2c1C(C)C. The van der Waals surface area contributed by atoms with Gasteiger partial charge in [-0.15, -0.1) is 11.3 Å². The second-order valence-electron chi connectivity index (χ2n) is 11.5. The number of hydrogen-bond acceptors (Lipinski definition) is 7. The molecule has 5 heterocycles. The molecule has 0 radical (unpaired) electrons. The normalized spacial score (nSPS) is 28.1. The van der Waals surface area contributed by atoms with Crippen LogP contribution in [0, 0.1) is 12.8 Å². The summed E-state index contributed by atoms with van der Waals surface area (Å²) in [6, 6.07) is 0.521. The Balaban J connectivity index is 1.33. The van der Waals surface area contributed by atoms with E-state index in [0.29, 0.717) is 30.3 Å². The van der Waals surface area contributed by atoms with Gasteiger partial charge < -0.3 is 10.3 Å². The fourth-order valence-corrected chi connectivity index (χ4v) is 8.96. The molecule has 1 unspecified atom stereocenters. The van der Waals surface area contributed by atoms with Crippen molar-refractivity contribution in [2.24, 2.45) is 11.0 Å². The van der Waals surface area contributed by atoms with Crippen LogP contribution in [0.4, 0.5) is 0 Å². The Labute approximate surface area is 218 Å². The van der Waals surface area contributed by atoms with Gasteiger partial charge in [0.05, 0.1) is 11.4 Å². The maximum Gasteiger partial charge on any atom is 0.148 e. The van der Waals surface area contributed by atoms with Crippen molar-refractivity contribution in [3.63, 3.8) is 0 Å². The summed E-state index contributed by atoms with van der Waals surface area (Å²) in [6.45, 7) is 13.0. The van der Waals surface area contributed by atoms with E-state index in [9.17, 15) is 8.42 Å². The molecular formula is C27H37N5O2S2. The molecule has 2 fully saturated rings. The Hall–Kier alpha value is -2.10. The van der Waals surface area contributed by atoms with E-state index < -0.39 is 9.84 Å². The Bertz CT molecular complexity index is 1430. The number of aromatic nitrogens is 1. The zero-order chi connectivity index (χ0) is 25.5. The summed E-state index contributed by atoms with van der Waals surface area (Å²) in [5.74, 6) is 1.88. The topological polar surface area (TPSA) is 80.8 Å². The summed E-state index contributed by atoms with van der Waals surface area (Å²) >= 11 is 1.95. The van der Waals surface area contributed by atoms with Crippen LogP contribution in [-0.4, -0.2) is 67.0 Å². The minimum atomic E-state index is -2.91. The van der Waals surface area contributed by atoms with Crippen molar-refractivity contribution in [3.8, 4) is 0 Å². The Morgan fingerprint density at radius 2 is 2.00 bits per heavy atom. The number of piperidine rings is 1. The third-order valence-corrected chi connectivity index (χ3v) is 11.2. The number of allylic oxidation sites excluding steroid dienone is 2. The number of hydrogen-bond donors (Lipinski definition) is 2. The minimum Gasteiger partial charge on any atom is -0.350 e. The summed E-state index contributed by atoms with van der Waals surface area (Å²) in [6.07, 6.45) is 7.78. The lowest BCUT2D eigenvalue weighted by atomic mass is 9.87. The number of likely N-dealkylation sites (tertiary alicyclic amines) is 1. The van der Waals surface area contributed by atoms with Gasteiger partial charge in [0, 0.05) is 47.4 Å². The number of aromatic amines is 1. The first-order valence-electron chi connectivity index (χ1n) is 13.1. The van der Waals surface area contributed by atoms with E-state index in [-0.39, 0.29) is 11.9 Å². The maximum absolute atomic E-state index is 11.7. The number of thiophene rings is 1. The Kier molecular flexibility index (Phi) is 5.70. The lowest BCUT2D eigenvalue weighted by molar-refractivity contribution is 0.211. The van der Waals surface area contributed by atoms with E-state index >= 15 is 0 Å². The Morgan fingerprint density at radius 1 is 1.22 bits per heavy atom. The van der Waals surface area contributed by atoms with Gasteiger partial charge in [-0.25, -0.2) is 13.4 Å². The number of fused-ring (bicyclic) bond motifs is 4. The molecule has 9 heteroatoms. The predicted molar refractivity (Wildman–Crippen MR) is 149 cm³/mol. The largest absolute Gasteiger partial charge is 0.350 e. The van der Waals surface area contributed by atoms with Gasteiger partial charge in [-0.05, 0) is 73.6 Å². The molecule has 1 saturated carbocycles. The van der Waals surface area contributed by atoms with Crippen LogP contribution < -0.4 is 5.32 Å². The highest BCUT2D eigenvalue weighted by atomic mass is 32.2. The molecule has 1 saturated heterocycles. The smallest absolute Gasteiger partial charge is 0.148 e. The average Bonchev–Trinajstić information content (AvgIpc) is 3.60. The van der Waals surface area contributed by atoms with Crippen LogP contribution in [-0.2, 0) is 9.84 Å². The molecule has 1 aliphatic carbocycles. The third-order valence-electron chi connectivity index (χ3n) is 8.90. The highest BCUT2D eigenvalue weighted by Gasteiger charge is 2.46. The molecule has 2 N–H and O–H groups in total. The number of hydrazone groups is 1. The average molecular weight is 528 g/mol. The first kappa shape index (κ1) is 24.2. The van der Waals surface area contributed by atoms with Crippen LogP contribution in [0.5, 0.6) is 0 Å². The van der Waals surface area contributed by atoms with Crippen molar-refractivity contribution >= 4 is 43.3 Å². The summed E-state index contributed by atoms with van der Waals surface area (Å²) in [7, 11) is -2.91. The van der Waals surface area contributed by atoms with E-state index in [0.717, 1.165) is 13.0 Å². The van der Waals surface area contributed by atoms with E-state index in [1.54, 1.807) is 6.34 Å². The zero-order valence-corrected chi connectivity index (χ0v) is 23.7. The van der Waals surface area contributed by atoms with Crippen molar-refractivity contribution in [1.29, 1.82) is 0 Å². The van der Waals surface area contributed by atoms with Gasteiger partial charge in [0.1, 0.15) is 27.2 Å². The molecule has 0 aromatic carbocycles. The third kappa shape index (κ3) is 3.77. The predicted octanol–water partition coefficient (Wildman–Crippen LogP) is 4.75. The lowest BCUT2D eigenvalue weighted by Gasteiger charge is -2.31. The first-order valence-corrected chi connectivity index (χ1v) is 15.9. The molecule has 194 valence electrons. The van der Waals surface area contributed by atoms with Gasteiger partial charge in [-0.1, -0.05) is 13.8 Å². The summed E-state index contributed by atoms with van der Waals surface area (Å²) < 4.78 is 23.3. The van der Waals surface area contributed by atoms with Crippen LogP contribution in [0.3, 0.4) is 0 Å². The summed E-state index contributed by atoms with van der Waals surface area (Å²) in [5, 5.41) is 11.3. The standard InChI is InChI=1S/C27H37N5O2S2/c1-14(2)22-23-17(5)25(20-10-19-9-18(20)11-31(19)7-8-36(6,33)34)35-27(23)30-24(22)21-12-32-26(28-13-29-32)16(4)15(21)3/h12-14,18-20,26,30H,7-11H2,1-6H3,(H,28,29)/t18-,19-,20+,26?/m0/s1. The fourth-order valence-electron chi connectivity index (χ4n) is 6.96. The van der Waals surface area contributed by atoms with Crippen molar-refractivity contribution in [2.45, 2.75) is 71.5 Å². The van der Waals surface area contributed by atoms with Gasteiger partial charge >= 0.3 is 0 Å². The van der Waals surface area contributed by atoms with E-state index in [1.807, 2.05) is 16.3 Å². The molecule has 36 heavy (non-hydrogen) atoms. The van der Waals surface area contributed by atoms with Gasteiger partial charge in [-0.2, -0.15) is 5.10 Å². The molecular weight excluding hydrogens is 490 g/mol. The minimum absolute atomic E-state index is 0.121. The molecule has 6 rings (SSSR count). The van der Waals surface area contributed by atoms with Gasteiger partial charge in [0.15, 0.2) is 0 Å². The summed E-state index contributed by atoms with van der Waals surface area (Å²) in [4.78, 5) is 9.10. The zero-order valence-electron chi connectivity index (χ0n) is 22.1. The summed E-state index contributed by atoms with van der Waals surface area (Å²) in [5.41, 5.74) is 7.94. The molecule has 0 spiro atoms. The van der Waals surface area contributed by atoms with E-state index in [4.69, 9.17) is 0 Å². The molecule has 2 aromatic heterocycles. The molecule has 4 aliphatic rings. The lowest BCUT2D eigenvalue weighted by Crippen LogP contribution is -2.37. The van der Waals surface area contributed by atoms with Gasteiger partial charge in [-0.3, -0.25) is 4.90 Å². The molecule has 2 aromatic rings. The number of nitrogens with one attached hydrogen (secondary N) is 2. The second-order valence-corrected chi connectivity index (χ2v) is 14.8. The number of rotatable bonds is 6. The number of nitrogens with zero attached hydrogens (tertiary/aromatic N) is 3. The van der Waals surface area contributed by atoms with Crippen LogP contribution in [0.2, 0.25) is 0 Å². The van der Waals surface area contributed by atoms with Crippen molar-refractivity contribution in [1.82, 2.24) is 20.2 Å². The van der Waals surface area contributed by atoms with Crippen LogP contribution in [0.15, 0.2) is 22.4 Å². The highest BCUT2D eigenvalue weighted by Crippen LogP contribution is 2.53. The molecule has 2 bridgehead atoms. The number of H-pyrrole nitrogens is 1. The molecule has 0 amide bonds. The quantitative estimate of drug-likeness (QED) is 0.567. The molecule has 3 aliphatic heterocycles. The van der Waals surface area contributed by atoms with Crippen molar-refractivity contribution < 1.29 is 8.42 Å². The second kappa shape index (κ2) is 8.46. The molecule has 4 atom stereocenters. The van der Waals surface area contributed by atoms with Crippen molar-refractivity contribution in [2.75, 3.05) is 25.1 Å². The van der Waals surface area contributed by atoms with E-state index in [2.05, 4.69) is 61.1 Å². The monoisotopic (exact) mass is 527 g/mol. The maximum atomic E-state index is 11.7. The first-order chi connectivity index (χ1) is 17.0.